The van der Waals surface area contributed by atoms with E-state index in [9.17, 15) is 5.11 Å². The minimum Gasteiger partial charge on any atom is -0.391 e. The van der Waals surface area contributed by atoms with Crippen molar-refractivity contribution in [2.75, 3.05) is 6.54 Å². The topological polar surface area (TPSA) is 55.5 Å². The molecule has 0 aromatic heterocycles. The van der Waals surface area contributed by atoms with Crippen LogP contribution in [0.1, 0.15) is 31.1 Å². The molecule has 3 atom stereocenters. The molecule has 1 rings (SSSR count). The van der Waals surface area contributed by atoms with E-state index in [0.717, 1.165) is 11.1 Å². The highest BCUT2D eigenvalue weighted by Gasteiger charge is 2.17. The Balaban J connectivity index is 2.82. The largest absolute Gasteiger partial charge is 0.391 e. The van der Waals surface area contributed by atoms with Crippen LogP contribution >= 0.6 is 11.6 Å². The molecule has 1 aromatic carbocycles. The number of ether oxygens (including phenoxy) is 1. The summed E-state index contributed by atoms with van der Waals surface area (Å²) in [6.07, 6.45) is -1.02. The maximum Gasteiger partial charge on any atom is 0.0952 e. The van der Waals surface area contributed by atoms with Crippen molar-refractivity contribution in [1.82, 2.24) is 0 Å². The Labute approximate surface area is 108 Å². The second-order valence-corrected chi connectivity index (χ2v) is 4.72. The van der Waals surface area contributed by atoms with E-state index in [4.69, 9.17) is 22.1 Å². The van der Waals surface area contributed by atoms with Crippen LogP contribution in [0.4, 0.5) is 0 Å². The molecule has 0 aliphatic carbocycles. The molecule has 3 nitrogen and oxygen atoms in total. The summed E-state index contributed by atoms with van der Waals surface area (Å²) in [5.41, 5.74) is 7.65. The Kier molecular flexibility index (Phi) is 5.40. The summed E-state index contributed by atoms with van der Waals surface area (Å²) in [4.78, 5) is 0. The van der Waals surface area contributed by atoms with Crippen molar-refractivity contribution < 1.29 is 9.84 Å². The number of rotatable bonds is 5. The smallest absolute Gasteiger partial charge is 0.0952 e. The van der Waals surface area contributed by atoms with E-state index < -0.39 is 6.10 Å². The number of aryl methyl sites for hydroxylation is 1. The zero-order chi connectivity index (χ0) is 13.0. The number of hydrogen-bond donors (Lipinski definition) is 2. The van der Waals surface area contributed by atoms with E-state index in [1.54, 1.807) is 6.92 Å². The normalized spacial score (nSPS) is 16.6. The molecule has 0 aliphatic heterocycles. The molecule has 0 fully saturated rings. The number of aliphatic hydroxyl groups is 1. The molecule has 1 aromatic rings. The molecule has 0 aliphatic rings. The third-order valence-electron chi connectivity index (χ3n) is 2.84. The third-order valence-corrected chi connectivity index (χ3v) is 3.25. The van der Waals surface area contributed by atoms with Crippen LogP contribution in [0.15, 0.2) is 18.2 Å². The van der Waals surface area contributed by atoms with Gasteiger partial charge in [-0.2, -0.15) is 0 Å². The van der Waals surface area contributed by atoms with Crippen LogP contribution in [0.25, 0.3) is 0 Å². The van der Waals surface area contributed by atoms with Crippen LogP contribution in [-0.4, -0.2) is 23.9 Å². The van der Waals surface area contributed by atoms with Gasteiger partial charge in [0.2, 0.25) is 0 Å². The molecule has 17 heavy (non-hydrogen) atoms. The van der Waals surface area contributed by atoms with Gasteiger partial charge in [-0.05, 0) is 38.0 Å². The summed E-state index contributed by atoms with van der Waals surface area (Å²) in [6, 6.07) is 5.76. The van der Waals surface area contributed by atoms with Crippen molar-refractivity contribution in [1.29, 1.82) is 0 Å². The summed E-state index contributed by atoms with van der Waals surface area (Å²) in [6.45, 7) is 5.82. The molecule has 0 amide bonds. The lowest BCUT2D eigenvalue weighted by Crippen LogP contribution is -2.28. The lowest BCUT2D eigenvalue weighted by molar-refractivity contribution is -0.0591. The van der Waals surface area contributed by atoms with Crippen LogP contribution in [0, 0.1) is 6.92 Å². The van der Waals surface area contributed by atoms with E-state index in [1.165, 1.54) is 0 Å². The molecular formula is C13H20ClNO2. The second kappa shape index (κ2) is 6.36. The number of hydrogen-bond acceptors (Lipinski definition) is 3. The Hall–Kier alpha value is -0.610. The summed E-state index contributed by atoms with van der Waals surface area (Å²) in [5, 5.41) is 10.1. The molecule has 4 heteroatoms. The first kappa shape index (κ1) is 14.5. The summed E-state index contributed by atoms with van der Waals surface area (Å²) in [5.74, 6) is 0. The number of halogens is 1. The molecule has 0 heterocycles. The first-order valence-electron chi connectivity index (χ1n) is 5.75. The van der Waals surface area contributed by atoms with Gasteiger partial charge in [-0.15, -0.1) is 0 Å². The van der Waals surface area contributed by atoms with E-state index in [1.807, 2.05) is 32.0 Å². The molecule has 0 radical (unpaired) electrons. The predicted octanol–water partition coefficient (Wildman–Crippen LogP) is 2.43. The molecule has 0 spiro atoms. The quantitative estimate of drug-likeness (QED) is 0.852. The molecule has 0 saturated heterocycles. The van der Waals surface area contributed by atoms with Crippen LogP contribution in [0.2, 0.25) is 5.02 Å². The van der Waals surface area contributed by atoms with Gasteiger partial charge >= 0.3 is 0 Å². The Morgan fingerprint density at radius 1 is 1.41 bits per heavy atom. The predicted molar refractivity (Wildman–Crippen MR) is 70.2 cm³/mol. The van der Waals surface area contributed by atoms with Gasteiger partial charge < -0.3 is 15.6 Å². The van der Waals surface area contributed by atoms with Gasteiger partial charge in [0.1, 0.15) is 0 Å². The Morgan fingerprint density at radius 3 is 2.53 bits per heavy atom. The van der Waals surface area contributed by atoms with Crippen LogP contribution < -0.4 is 5.73 Å². The highest BCUT2D eigenvalue weighted by molar-refractivity contribution is 6.31. The van der Waals surface area contributed by atoms with E-state index in [0.29, 0.717) is 11.6 Å². The zero-order valence-corrected chi connectivity index (χ0v) is 11.2. The Morgan fingerprint density at radius 2 is 2.06 bits per heavy atom. The fourth-order valence-corrected chi connectivity index (χ4v) is 1.64. The number of aliphatic hydroxyl groups excluding tert-OH is 1. The van der Waals surface area contributed by atoms with Gasteiger partial charge in [0.15, 0.2) is 0 Å². The van der Waals surface area contributed by atoms with Crippen molar-refractivity contribution in [2.24, 2.45) is 5.73 Å². The SMILES string of the molecule is Cc1ccc(C(CN)OC(C)C(C)O)cc1Cl. The Bertz CT molecular complexity index is 368. The third kappa shape index (κ3) is 3.96. The van der Waals surface area contributed by atoms with Gasteiger partial charge in [0, 0.05) is 11.6 Å². The maximum absolute atomic E-state index is 9.42. The van der Waals surface area contributed by atoms with Crippen LogP contribution in [0.5, 0.6) is 0 Å². The minimum absolute atomic E-state index is 0.238. The van der Waals surface area contributed by atoms with Crippen LogP contribution in [0.3, 0.4) is 0 Å². The first-order chi connectivity index (χ1) is 7.95. The van der Waals surface area contributed by atoms with Gasteiger partial charge in [-0.3, -0.25) is 0 Å². The standard InChI is InChI=1S/C13H20ClNO2/c1-8-4-5-11(6-12(8)14)13(7-15)17-10(3)9(2)16/h4-6,9-10,13,16H,7,15H2,1-3H3. The molecule has 0 saturated carbocycles. The van der Waals surface area contributed by atoms with Gasteiger partial charge in [0.25, 0.3) is 0 Å². The molecule has 0 bridgehead atoms. The molecular weight excluding hydrogens is 238 g/mol. The molecule has 3 unspecified atom stereocenters. The minimum atomic E-state index is -0.523. The van der Waals surface area contributed by atoms with E-state index in [-0.39, 0.29) is 12.2 Å². The van der Waals surface area contributed by atoms with Crippen molar-refractivity contribution >= 4 is 11.6 Å². The van der Waals surface area contributed by atoms with Gasteiger partial charge in [-0.25, -0.2) is 0 Å². The van der Waals surface area contributed by atoms with E-state index in [2.05, 4.69) is 0 Å². The summed E-state index contributed by atoms with van der Waals surface area (Å²) in [7, 11) is 0. The molecule has 96 valence electrons. The average Bonchev–Trinajstić information content (AvgIpc) is 2.29. The second-order valence-electron chi connectivity index (χ2n) is 4.31. The average molecular weight is 258 g/mol. The van der Waals surface area contributed by atoms with Crippen LogP contribution in [-0.2, 0) is 4.74 Å². The first-order valence-corrected chi connectivity index (χ1v) is 6.13. The highest BCUT2D eigenvalue weighted by Crippen LogP contribution is 2.24. The fourth-order valence-electron chi connectivity index (χ4n) is 1.45. The monoisotopic (exact) mass is 257 g/mol. The van der Waals surface area contributed by atoms with Crippen molar-refractivity contribution in [2.45, 2.75) is 39.1 Å². The van der Waals surface area contributed by atoms with Gasteiger partial charge in [-0.1, -0.05) is 23.7 Å². The van der Waals surface area contributed by atoms with Crippen molar-refractivity contribution in [3.63, 3.8) is 0 Å². The maximum atomic E-state index is 9.42. The van der Waals surface area contributed by atoms with Gasteiger partial charge in [0.05, 0.1) is 18.3 Å². The fraction of sp³-hybridized carbons (Fsp3) is 0.538. The lowest BCUT2D eigenvalue weighted by Gasteiger charge is -2.23. The molecule has 3 N–H and O–H groups in total. The van der Waals surface area contributed by atoms with Crippen molar-refractivity contribution in [3.8, 4) is 0 Å². The number of benzene rings is 1. The highest BCUT2D eigenvalue weighted by atomic mass is 35.5. The summed E-state index contributed by atoms with van der Waals surface area (Å²) < 4.78 is 5.71. The lowest BCUT2D eigenvalue weighted by atomic mass is 10.1. The summed E-state index contributed by atoms with van der Waals surface area (Å²) >= 11 is 6.07. The number of nitrogens with two attached hydrogens (primary N) is 1. The zero-order valence-electron chi connectivity index (χ0n) is 10.5. The van der Waals surface area contributed by atoms with Crippen molar-refractivity contribution in [3.05, 3.63) is 34.3 Å². The van der Waals surface area contributed by atoms with E-state index >= 15 is 0 Å².